The van der Waals surface area contributed by atoms with Crippen LogP contribution in [0.5, 0.6) is 0 Å². The van der Waals surface area contributed by atoms with Gasteiger partial charge in [0.15, 0.2) is 0 Å². The van der Waals surface area contributed by atoms with Crippen molar-refractivity contribution < 1.29 is 0 Å². The van der Waals surface area contributed by atoms with Crippen LogP contribution in [0.3, 0.4) is 0 Å². The summed E-state index contributed by atoms with van der Waals surface area (Å²) in [6, 6.07) is 8.92. The molecule has 0 aliphatic carbocycles. The SMILES string of the molecule is CCn1nc(CC(CN(C)C)NC)c2ccccc21. The van der Waals surface area contributed by atoms with E-state index in [4.69, 9.17) is 5.10 Å². The van der Waals surface area contributed by atoms with Crippen LogP contribution in [-0.2, 0) is 13.0 Å². The highest BCUT2D eigenvalue weighted by Crippen LogP contribution is 2.19. The Morgan fingerprint density at radius 2 is 2.05 bits per heavy atom. The Bertz CT molecular complexity index is 530. The molecule has 2 aromatic rings. The Hall–Kier alpha value is -1.39. The highest BCUT2D eigenvalue weighted by Gasteiger charge is 2.14. The van der Waals surface area contributed by atoms with Crippen molar-refractivity contribution in [1.29, 1.82) is 0 Å². The second-order valence-corrected chi connectivity index (χ2v) is 5.23. The highest BCUT2D eigenvalue weighted by molar-refractivity contribution is 5.82. The minimum atomic E-state index is 0.429. The van der Waals surface area contributed by atoms with Crippen LogP contribution in [0.25, 0.3) is 10.9 Å². The number of rotatable bonds is 6. The van der Waals surface area contributed by atoms with Crippen molar-refractivity contribution >= 4 is 10.9 Å². The molecule has 0 saturated heterocycles. The van der Waals surface area contributed by atoms with Gasteiger partial charge in [0.2, 0.25) is 0 Å². The molecular weight excluding hydrogens is 236 g/mol. The summed E-state index contributed by atoms with van der Waals surface area (Å²) in [5, 5.41) is 9.42. The predicted molar refractivity (Wildman–Crippen MR) is 80.5 cm³/mol. The van der Waals surface area contributed by atoms with Gasteiger partial charge in [-0.25, -0.2) is 0 Å². The maximum atomic E-state index is 4.76. The zero-order chi connectivity index (χ0) is 13.8. The standard InChI is InChI=1S/C15H24N4/c1-5-19-15-9-7-6-8-13(15)14(17-19)10-12(16-2)11-18(3)4/h6-9,12,16H,5,10-11H2,1-4H3. The maximum absolute atomic E-state index is 4.76. The molecule has 0 saturated carbocycles. The van der Waals surface area contributed by atoms with E-state index in [-0.39, 0.29) is 0 Å². The van der Waals surface area contributed by atoms with E-state index in [1.54, 1.807) is 0 Å². The fraction of sp³-hybridized carbons (Fsp3) is 0.533. The van der Waals surface area contributed by atoms with Crippen LogP contribution in [0.2, 0.25) is 0 Å². The fourth-order valence-electron chi connectivity index (χ4n) is 2.52. The quantitative estimate of drug-likeness (QED) is 0.859. The topological polar surface area (TPSA) is 33.1 Å². The summed E-state index contributed by atoms with van der Waals surface area (Å²) < 4.78 is 2.09. The molecule has 0 spiro atoms. The van der Waals surface area contributed by atoms with E-state index in [2.05, 4.69) is 60.2 Å². The van der Waals surface area contributed by atoms with Gasteiger partial charge in [-0.3, -0.25) is 4.68 Å². The molecule has 1 atom stereocenters. The van der Waals surface area contributed by atoms with Gasteiger partial charge in [-0.1, -0.05) is 18.2 Å². The lowest BCUT2D eigenvalue weighted by molar-refractivity contribution is 0.345. The lowest BCUT2D eigenvalue weighted by atomic mass is 10.1. The molecule has 0 amide bonds. The first-order chi connectivity index (χ1) is 9.15. The summed E-state index contributed by atoms with van der Waals surface area (Å²) >= 11 is 0. The minimum Gasteiger partial charge on any atom is -0.315 e. The van der Waals surface area contributed by atoms with Crippen LogP contribution >= 0.6 is 0 Å². The minimum absolute atomic E-state index is 0.429. The zero-order valence-corrected chi connectivity index (χ0v) is 12.3. The predicted octanol–water partition coefficient (Wildman–Crippen LogP) is 1.75. The molecule has 4 nitrogen and oxygen atoms in total. The van der Waals surface area contributed by atoms with Gasteiger partial charge in [-0.2, -0.15) is 5.10 Å². The summed E-state index contributed by atoms with van der Waals surface area (Å²) in [5.74, 6) is 0. The van der Waals surface area contributed by atoms with E-state index in [1.165, 1.54) is 16.6 Å². The molecule has 0 aliphatic rings. The number of hydrogen-bond acceptors (Lipinski definition) is 3. The van der Waals surface area contributed by atoms with Gasteiger partial charge in [0.1, 0.15) is 0 Å². The summed E-state index contributed by atoms with van der Waals surface area (Å²) in [6.07, 6.45) is 0.961. The van der Waals surface area contributed by atoms with Crippen LogP contribution in [0.15, 0.2) is 24.3 Å². The van der Waals surface area contributed by atoms with Crippen molar-refractivity contribution in [3.8, 4) is 0 Å². The smallest absolute Gasteiger partial charge is 0.0719 e. The van der Waals surface area contributed by atoms with E-state index >= 15 is 0 Å². The van der Waals surface area contributed by atoms with Crippen molar-refractivity contribution in [2.45, 2.75) is 25.9 Å². The molecule has 1 N–H and O–H groups in total. The third-order valence-corrected chi connectivity index (χ3v) is 3.47. The number of para-hydroxylation sites is 1. The van der Waals surface area contributed by atoms with E-state index in [0.29, 0.717) is 6.04 Å². The number of hydrogen-bond donors (Lipinski definition) is 1. The molecule has 0 fully saturated rings. The number of likely N-dealkylation sites (N-methyl/N-ethyl adjacent to an activating group) is 2. The third kappa shape index (κ3) is 3.14. The Morgan fingerprint density at radius 1 is 1.32 bits per heavy atom. The Labute approximate surface area is 115 Å². The Morgan fingerprint density at radius 3 is 2.68 bits per heavy atom. The Kier molecular flexibility index (Phi) is 4.56. The molecule has 0 bridgehead atoms. The first kappa shape index (κ1) is 14.0. The molecule has 4 heteroatoms. The summed E-state index contributed by atoms with van der Waals surface area (Å²) in [6.45, 7) is 4.07. The summed E-state index contributed by atoms with van der Waals surface area (Å²) in [4.78, 5) is 2.21. The molecule has 1 aromatic heterocycles. The molecule has 1 unspecified atom stereocenters. The molecule has 1 heterocycles. The van der Waals surface area contributed by atoms with Gasteiger partial charge < -0.3 is 10.2 Å². The van der Waals surface area contributed by atoms with E-state index < -0.39 is 0 Å². The summed E-state index contributed by atoms with van der Waals surface area (Å²) in [5.41, 5.74) is 2.43. The van der Waals surface area contributed by atoms with Crippen molar-refractivity contribution in [2.24, 2.45) is 0 Å². The highest BCUT2D eigenvalue weighted by atomic mass is 15.3. The first-order valence-electron chi connectivity index (χ1n) is 6.92. The van der Waals surface area contributed by atoms with Gasteiger partial charge in [-0.15, -0.1) is 0 Å². The molecule has 19 heavy (non-hydrogen) atoms. The second kappa shape index (κ2) is 6.17. The van der Waals surface area contributed by atoms with Crippen LogP contribution in [0.4, 0.5) is 0 Å². The number of benzene rings is 1. The van der Waals surface area contributed by atoms with Gasteiger partial charge in [0.25, 0.3) is 0 Å². The van der Waals surface area contributed by atoms with E-state index in [9.17, 15) is 0 Å². The van der Waals surface area contributed by atoms with Crippen molar-refractivity contribution in [3.05, 3.63) is 30.0 Å². The number of nitrogens with one attached hydrogen (secondary N) is 1. The average molecular weight is 260 g/mol. The van der Waals surface area contributed by atoms with Crippen LogP contribution in [0, 0.1) is 0 Å². The van der Waals surface area contributed by atoms with E-state index in [0.717, 1.165) is 19.5 Å². The van der Waals surface area contributed by atoms with Crippen molar-refractivity contribution in [3.63, 3.8) is 0 Å². The maximum Gasteiger partial charge on any atom is 0.0719 e. The van der Waals surface area contributed by atoms with Crippen LogP contribution in [0.1, 0.15) is 12.6 Å². The van der Waals surface area contributed by atoms with Crippen LogP contribution < -0.4 is 5.32 Å². The molecular formula is C15H24N4. The molecule has 1 aromatic carbocycles. The van der Waals surface area contributed by atoms with Gasteiger partial charge >= 0.3 is 0 Å². The lowest BCUT2D eigenvalue weighted by Gasteiger charge is -2.19. The van der Waals surface area contributed by atoms with E-state index in [1.807, 2.05) is 7.05 Å². The lowest BCUT2D eigenvalue weighted by Crippen LogP contribution is -2.37. The van der Waals surface area contributed by atoms with Gasteiger partial charge in [-0.05, 0) is 34.1 Å². The average Bonchev–Trinajstić information content (AvgIpc) is 2.76. The fourth-order valence-corrected chi connectivity index (χ4v) is 2.52. The van der Waals surface area contributed by atoms with Crippen molar-refractivity contribution in [2.75, 3.05) is 27.7 Å². The number of aromatic nitrogens is 2. The summed E-state index contributed by atoms with van der Waals surface area (Å²) in [7, 11) is 6.23. The zero-order valence-electron chi connectivity index (χ0n) is 12.3. The second-order valence-electron chi connectivity index (χ2n) is 5.23. The number of fused-ring (bicyclic) bond motifs is 1. The Balaban J connectivity index is 2.29. The largest absolute Gasteiger partial charge is 0.315 e. The van der Waals surface area contributed by atoms with Gasteiger partial charge in [0.05, 0.1) is 11.2 Å². The molecule has 0 aliphatic heterocycles. The molecule has 2 rings (SSSR count). The van der Waals surface area contributed by atoms with Crippen molar-refractivity contribution in [1.82, 2.24) is 20.0 Å². The first-order valence-corrected chi connectivity index (χ1v) is 6.92. The molecule has 104 valence electrons. The monoisotopic (exact) mass is 260 g/mol. The van der Waals surface area contributed by atoms with Crippen LogP contribution in [-0.4, -0.2) is 48.4 Å². The third-order valence-electron chi connectivity index (χ3n) is 3.47. The number of aryl methyl sites for hydroxylation is 1. The van der Waals surface area contributed by atoms with Gasteiger partial charge in [0, 0.05) is 30.9 Å². The normalized spacial score (nSPS) is 13.3. The molecule has 0 radical (unpaired) electrons. The number of nitrogens with zero attached hydrogens (tertiary/aromatic N) is 3.